The van der Waals surface area contributed by atoms with Gasteiger partial charge >= 0.3 is 0 Å². The minimum absolute atomic E-state index is 0.0314. The van der Waals surface area contributed by atoms with E-state index >= 15 is 0 Å². The monoisotopic (exact) mass is 328 g/mol. The Hall–Kier alpha value is -2.93. The van der Waals surface area contributed by atoms with Crippen molar-refractivity contribution >= 4 is 32.2 Å². The van der Waals surface area contributed by atoms with E-state index < -0.39 is 14.9 Å². The fourth-order valence-corrected chi connectivity index (χ4v) is 3.34. The van der Waals surface area contributed by atoms with Crippen LogP contribution in [0.5, 0.6) is 0 Å². The topological polar surface area (TPSA) is 89.3 Å². The number of rotatable bonds is 4. The quantitative estimate of drug-likeness (QED) is 0.586. The first-order valence-corrected chi connectivity index (χ1v) is 8.21. The summed E-state index contributed by atoms with van der Waals surface area (Å²) in [5, 5.41) is 12.3. The van der Waals surface area contributed by atoms with Crippen molar-refractivity contribution in [2.75, 3.05) is 4.72 Å². The van der Waals surface area contributed by atoms with Gasteiger partial charge < -0.3 is 0 Å². The Morgan fingerprint density at radius 2 is 1.52 bits per heavy atom. The first kappa shape index (κ1) is 15.0. The molecule has 0 aliphatic heterocycles. The van der Waals surface area contributed by atoms with Crippen molar-refractivity contribution in [2.45, 2.75) is 4.90 Å². The molecule has 7 heteroatoms. The van der Waals surface area contributed by atoms with Crippen LogP contribution in [0.4, 0.5) is 11.4 Å². The van der Waals surface area contributed by atoms with Crippen LogP contribution in [0.1, 0.15) is 0 Å². The van der Waals surface area contributed by atoms with E-state index in [1.54, 1.807) is 12.1 Å². The normalized spacial score (nSPS) is 11.3. The lowest BCUT2D eigenvalue weighted by molar-refractivity contribution is -0.384. The predicted molar refractivity (Wildman–Crippen MR) is 87.9 cm³/mol. The van der Waals surface area contributed by atoms with Crippen molar-refractivity contribution in [3.63, 3.8) is 0 Å². The van der Waals surface area contributed by atoms with E-state index in [9.17, 15) is 18.5 Å². The molecule has 0 aliphatic carbocycles. The molecule has 0 atom stereocenters. The van der Waals surface area contributed by atoms with Crippen molar-refractivity contribution in [3.05, 3.63) is 76.8 Å². The third-order valence-corrected chi connectivity index (χ3v) is 4.77. The van der Waals surface area contributed by atoms with E-state index in [-0.39, 0.29) is 10.6 Å². The first-order chi connectivity index (χ1) is 11.0. The molecule has 0 bridgehead atoms. The average Bonchev–Trinajstić information content (AvgIpc) is 2.55. The van der Waals surface area contributed by atoms with Gasteiger partial charge in [0.1, 0.15) is 0 Å². The number of fused-ring (bicyclic) bond motifs is 1. The molecule has 0 fully saturated rings. The molecule has 0 aliphatic rings. The Morgan fingerprint density at radius 1 is 0.870 bits per heavy atom. The maximum Gasteiger partial charge on any atom is 0.269 e. The lowest BCUT2D eigenvalue weighted by Crippen LogP contribution is -2.13. The zero-order valence-electron chi connectivity index (χ0n) is 11.8. The summed E-state index contributed by atoms with van der Waals surface area (Å²) in [5.41, 5.74) is 0.301. The summed E-state index contributed by atoms with van der Waals surface area (Å²) in [5.74, 6) is 0. The van der Waals surface area contributed by atoms with Gasteiger partial charge in [-0.15, -0.1) is 0 Å². The van der Waals surface area contributed by atoms with E-state index in [0.29, 0.717) is 5.69 Å². The Balaban J connectivity index is 1.98. The number of hydrogen-bond acceptors (Lipinski definition) is 4. The van der Waals surface area contributed by atoms with E-state index in [1.807, 2.05) is 30.3 Å². The molecule has 3 rings (SSSR count). The summed E-state index contributed by atoms with van der Waals surface area (Å²) in [6.07, 6.45) is 0. The van der Waals surface area contributed by atoms with E-state index in [0.717, 1.165) is 22.9 Å². The fourth-order valence-electron chi connectivity index (χ4n) is 2.27. The van der Waals surface area contributed by atoms with Gasteiger partial charge in [-0.25, -0.2) is 8.42 Å². The summed E-state index contributed by atoms with van der Waals surface area (Å²) in [7, 11) is -3.82. The molecule has 0 heterocycles. The maximum atomic E-state index is 12.4. The molecular formula is C16H12N2O4S. The number of anilines is 1. The van der Waals surface area contributed by atoms with Gasteiger partial charge in [-0.05, 0) is 23.6 Å². The highest BCUT2D eigenvalue weighted by molar-refractivity contribution is 7.92. The lowest BCUT2D eigenvalue weighted by atomic mass is 10.1. The van der Waals surface area contributed by atoms with Gasteiger partial charge in [-0.1, -0.05) is 36.4 Å². The summed E-state index contributed by atoms with van der Waals surface area (Å²) in [6, 6.07) is 17.5. The molecule has 0 aromatic heterocycles. The van der Waals surface area contributed by atoms with Gasteiger partial charge in [-0.2, -0.15) is 0 Å². The lowest BCUT2D eigenvalue weighted by Gasteiger charge is -2.10. The van der Waals surface area contributed by atoms with Crippen molar-refractivity contribution in [2.24, 2.45) is 0 Å². The largest absolute Gasteiger partial charge is 0.279 e. The molecule has 0 amide bonds. The molecule has 0 saturated heterocycles. The smallest absolute Gasteiger partial charge is 0.269 e. The first-order valence-electron chi connectivity index (χ1n) is 6.72. The third kappa shape index (κ3) is 3.00. The third-order valence-electron chi connectivity index (χ3n) is 3.39. The Morgan fingerprint density at radius 3 is 2.22 bits per heavy atom. The highest BCUT2D eigenvalue weighted by atomic mass is 32.2. The number of nitro groups is 1. The van der Waals surface area contributed by atoms with Crippen LogP contribution in [0.25, 0.3) is 10.8 Å². The molecule has 6 nitrogen and oxygen atoms in total. The Bertz CT molecular complexity index is 977. The number of hydrogen-bond donors (Lipinski definition) is 1. The van der Waals surface area contributed by atoms with Crippen LogP contribution in [0.15, 0.2) is 71.6 Å². The van der Waals surface area contributed by atoms with Gasteiger partial charge in [0.2, 0.25) is 0 Å². The van der Waals surface area contributed by atoms with Crippen molar-refractivity contribution < 1.29 is 13.3 Å². The number of non-ortho nitro benzene ring substituents is 1. The van der Waals surface area contributed by atoms with Crippen LogP contribution in [-0.4, -0.2) is 13.3 Å². The van der Waals surface area contributed by atoms with Gasteiger partial charge in [0, 0.05) is 17.5 Å². The number of nitro benzene ring substituents is 1. The predicted octanol–water partition coefficient (Wildman–Crippen LogP) is 3.55. The van der Waals surface area contributed by atoms with E-state index in [4.69, 9.17) is 0 Å². The summed E-state index contributed by atoms with van der Waals surface area (Å²) in [4.78, 5) is 10.0. The van der Waals surface area contributed by atoms with E-state index in [1.165, 1.54) is 12.1 Å². The maximum absolute atomic E-state index is 12.4. The number of benzene rings is 3. The van der Waals surface area contributed by atoms with Crippen LogP contribution < -0.4 is 4.72 Å². The second kappa shape index (κ2) is 5.69. The van der Waals surface area contributed by atoms with Crippen molar-refractivity contribution in [3.8, 4) is 0 Å². The molecule has 23 heavy (non-hydrogen) atoms. The van der Waals surface area contributed by atoms with Crippen molar-refractivity contribution in [1.82, 2.24) is 0 Å². The molecule has 3 aromatic carbocycles. The van der Waals surface area contributed by atoms with Crippen LogP contribution in [0.2, 0.25) is 0 Å². The standard InChI is InChI=1S/C16H12N2O4S/c19-18(20)13-8-10-14(11-9-13)23(21,22)17-16-7-3-5-12-4-1-2-6-15(12)16/h1-11,17H. The highest BCUT2D eigenvalue weighted by Gasteiger charge is 2.17. The molecule has 0 radical (unpaired) electrons. The van der Waals surface area contributed by atoms with E-state index in [2.05, 4.69) is 4.72 Å². The Labute approximate surface area is 132 Å². The second-order valence-corrected chi connectivity index (χ2v) is 6.57. The molecule has 116 valence electrons. The molecule has 0 spiro atoms. The van der Waals surface area contributed by atoms with Crippen LogP contribution >= 0.6 is 0 Å². The summed E-state index contributed by atoms with van der Waals surface area (Å²) < 4.78 is 27.4. The van der Waals surface area contributed by atoms with Gasteiger partial charge in [0.25, 0.3) is 15.7 Å². The number of nitrogens with one attached hydrogen (secondary N) is 1. The molecule has 0 unspecified atom stereocenters. The van der Waals surface area contributed by atoms with Gasteiger partial charge in [0.15, 0.2) is 0 Å². The van der Waals surface area contributed by atoms with Gasteiger partial charge in [-0.3, -0.25) is 14.8 Å². The number of nitrogens with zero attached hydrogens (tertiary/aromatic N) is 1. The summed E-state index contributed by atoms with van der Waals surface area (Å²) >= 11 is 0. The number of sulfonamides is 1. The molecule has 0 saturated carbocycles. The van der Waals surface area contributed by atoms with Crippen LogP contribution in [0, 0.1) is 10.1 Å². The minimum atomic E-state index is -3.82. The summed E-state index contributed by atoms with van der Waals surface area (Å²) in [6.45, 7) is 0. The SMILES string of the molecule is O=[N+]([O-])c1ccc(S(=O)(=O)Nc2cccc3ccccc23)cc1. The van der Waals surface area contributed by atoms with Crippen LogP contribution in [-0.2, 0) is 10.0 Å². The molecule has 3 aromatic rings. The second-order valence-electron chi connectivity index (χ2n) is 4.88. The van der Waals surface area contributed by atoms with Crippen LogP contribution in [0.3, 0.4) is 0 Å². The molecular weight excluding hydrogens is 316 g/mol. The van der Waals surface area contributed by atoms with Crippen molar-refractivity contribution in [1.29, 1.82) is 0 Å². The minimum Gasteiger partial charge on any atom is -0.279 e. The van der Waals surface area contributed by atoms with Gasteiger partial charge in [0.05, 0.1) is 15.5 Å². The zero-order chi connectivity index (χ0) is 16.4. The average molecular weight is 328 g/mol. The Kier molecular flexibility index (Phi) is 3.71. The highest BCUT2D eigenvalue weighted by Crippen LogP contribution is 2.26. The fraction of sp³-hybridized carbons (Fsp3) is 0. The zero-order valence-corrected chi connectivity index (χ0v) is 12.7. The molecule has 1 N–H and O–H groups in total.